The van der Waals surface area contributed by atoms with Gasteiger partial charge in [-0.3, -0.25) is 4.79 Å². The van der Waals surface area contributed by atoms with Crippen LogP contribution in [0, 0.1) is 5.82 Å². The lowest BCUT2D eigenvalue weighted by atomic mass is 9.88. The van der Waals surface area contributed by atoms with E-state index in [-0.39, 0.29) is 29.0 Å². The third kappa shape index (κ3) is 4.77. The van der Waals surface area contributed by atoms with E-state index in [1.807, 2.05) is 12.1 Å². The maximum atomic E-state index is 13.8. The fourth-order valence-corrected chi connectivity index (χ4v) is 4.44. The quantitative estimate of drug-likeness (QED) is 0.670. The SMILES string of the molecule is CC(=O)Nc1cc(S(=O)(=O)NC2CCCc3cc(N)ccc32)ccc1F.Cl. The highest BCUT2D eigenvalue weighted by Gasteiger charge is 2.26. The van der Waals surface area contributed by atoms with E-state index in [4.69, 9.17) is 5.73 Å². The van der Waals surface area contributed by atoms with Crippen LogP contribution in [-0.4, -0.2) is 14.3 Å². The van der Waals surface area contributed by atoms with Crippen LogP contribution in [0.25, 0.3) is 0 Å². The van der Waals surface area contributed by atoms with Gasteiger partial charge in [-0.2, -0.15) is 0 Å². The molecule has 0 aliphatic heterocycles. The average Bonchev–Trinajstić information content (AvgIpc) is 2.56. The highest BCUT2D eigenvalue weighted by Crippen LogP contribution is 2.32. The number of nitrogens with one attached hydrogen (secondary N) is 2. The van der Waals surface area contributed by atoms with Gasteiger partial charge >= 0.3 is 0 Å². The molecule has 9 heteroatoms. The van der Waals surface area contributed by atoms with E-state index in [9.17, 15) is 17.6 Å². The predicted molar refractivity (Wildman–Crippen MR) is 105 cm³/mol. The summed E-state index contributed by atoms with van der Waals surface area (Å²) in [6, 6.07) is 8.39. The van der Waals surface area contributed by atoms with E-state index in [0.29, 0.717) is 12.1 Å². The Balaban J connectivity index is 0.00000261. The zero-order valence-corrected chi connectivity index (χ0v) is 16.3. The Kier molecular flexibility index (Phi) is 6.46. The maximum absolute atomic E-state index is 13.8. The molecule has 4 N–H and O–H groups in total. The highest BCUT2D eigenvalue weighted by molar-refractivity contribution is 7.89. The van der Waals surface area contributed by atoms with Gasteiger partial charge in [-0.1, -0.05) is 6.07 Å². The molecule has 27 heavy (non-hydrogen) atoms. The van der Waals surface area contributed by atoms with Crippen molar-refractivity contribution in [2.45, 2.75) is 37.1 Å². The van der Waals surface area contributed by atoms with Crippen LogP contribution < -0.4 is 15.8 Å². The Hall–Kier alpha value is -2.16. The Bertz CT molecular complexity index is 966. The van der Waals surface area contributed by atoms with Crippen LogP contribution in [-0.2, 0) is 21.2 Å². The Morgan fingerprint density at radius 2 is 1.96 bits per heavy atom. The number of carbonyl (C=O) groups is 1. The fraction of sp³-hybridized carbons (Fsp3) is 0.278. The number of hydrogen-bond acceptors (Lipinski definition) is 4. The van der Waals surface area contributed by atoms with Crippen LogP contribution >= 0.6 is 12.4 Å². The van der Waals surface area contributed by atoms with Crippen LogP contribution in [0.4, 0.5) is 15.8 Å². The average molecular weight is 414 g/mol. The van der Waals surface area contributed by atoms with Crippen molar-refractivity contribution in [2.75, 3.05) is 11.1 Å². The summed E-state index contributed by atoms with van der Waals surface area (Å²) in [5.74, 6) is -1.18. The number of fused-ring (bicyclic) bond motifs is 1. The standard InChI is InChI=1S/C18H20FN3O3S.ClH/c1-11(23)21-18-10-14(6-8-16(18)19)26(24,25)22-17-4-2-3-12-9-13(20)5-7-15(12)17;/h5-10,17,22H,2-4,20H2,1H3,(H,21,23);1H. The van der Waals surface area contributed by atoms with Crippen molar-refractivity contribution in [1.82, 2.24) is 4.72 Å². The molecule has 3 rings (SSSR count). The molecule has 1 aliphatic carbocycles. The number of halogens is 2. The predicted octanol–water partition coefficient (Wildman–Crippen LogP) is 3.14. The van der Waals surface area contributed by atoms with Crippen molar-refractivity contribution in [3.05, 3.63) is 53.3 Å². The Morgan fingerprint density at radius 1 is 1.22 bits per heavy atom. The van der Waals surface area contributed by atoms with E-state index in [1.165, 1.54) is 13.0 Å². The molecule has 1 amide bonds. The molecule has 0 spiro atoms. The normalized spacial score (nSPS) is 16.1. The third-order valence-electron chi connectivity index (χ3n) is 4.34. The van der Waals surface area contributed by atoms with E-state index in [0.717, 1.165) is 36.1 Å². The number of sulfonamides is 1. The lowest BCUT2D eigenvalue weighted by Gasteiger charge is -2.26. The molecule has 2 aromatic carbocycles. The van der Waals surface area contributed by atoms with Gasteiger partial charge in [0.05, 0.1) is 10.6 Å². The monoisotopic (exact) mass is 413 g/mol. The molecule has 0 saturated heterocycles. The Morgan fingerprint density at radius 3 is 2.67 bits per heavy atom. The molecule has 0 saturated carbocycles. The second kappa shape index (κ2) is 8.24. The van der Waals surface area contributed by atoms with E-state index in [2.05, 4.69) is 10.0 Å². The zero-order chi connectivity index (χ0) is 18.9. The minimum Gasteiger partial charge on any atom is -0.399 e. The van der Waals surface area contributed by atoms with Gasteiger partial charge in [-0.05, 0) is 60.7 Å². The fourth-order valence-electron chi connectivity index (χ4n) is 3.17. The molecule has 0 fully saturated rings. The molecule has 1 unspecified atom stereocenters. The van der Waals surface area contributed by atoms with Gasteiger partial charge in [-0.15, -0.1) is 12.4 Å². The van der Waals surface area contributed by atoms with Crippen molar-refractivity contribution in [3.8, 4) is 0 Å². The first-order valence-corrected chi connectivity index (χ1v) is 9.72. The van der Waals surface area contributed by atoms with Crippen LogP contribution in [0.15, 0.2) is 41.3 Å². The number of rotatable bonds is 4. The van der Waals surface area contributed by atoms with Crippen LogP contribution in [0.5, 0.6) is 0 Å². The summed E-state index contributed by atoms with van der Waals surface area (Å²) in [4.78, 5) is 11.0. The van der Waals surface area contributed by atoms with Crippen molar-refractivity contribution >= 4 is 39.7 Å². The number of hydrogen-bond donors (Lipinski definition) is 3. The first kappa shape index (κ1) is 21.1. The van der Waals surface area contributed by atoms with Crippen molar-refractivity contribution < 1.29 is 17.6 Å². The molecule has 0 radical (unpaired) electrons. The van der Waals surface area contributed by atoms with Gasteiger partial charge in [0, 0.05) is 18.7 Å². The highest BCUT2D eigenvalue weighted by atomic mass is 35.5. The molecule has 146 valence electrons. The maximum Gasteiger partial charge on any atom is 0.241 e. The minimum atomic E-state index is -3.89. The van der Waals surface area contributed by atoms with Crippen LogP contribution in [0.3, 0.4) is 0 Å². The van der Waals surface area contributed by atoms with Crippen molar-refractivity contribution in [3.63, 3.8) is 0 Å². The summed E-state index contributed by atoms with van der Waals surface area (Å²) in [7, 11) is -3.89. The zero-order valence-electron chi connectivity index (χ0n) is 14.7. The summed E-state index contributed by atoms with van der Waals surface area (Å²) in [5.41, 5.74) is 8.21. The van der Waals surface area contributed by atoms with Gasteiger partial charge in [-0.25, -0.2) is 17.5 Å². The summed E-state index contributed by atoms with van der Waals surface area (Å²) < 4.78 is 42.0. The number of aryl methyl sites for hydroxylation is 1. The minimum absolute atomic E-state index is 0. The van der Waals surface area contributed by atoms with Crippen molar-refractivity contribution in [1.29, 1.82) is 0 Å². The molecule has 2 aromatic rings. The van der Waals surface area contributed by atoms with Crippen LogP contribution in [0.2, 0.25) is 0 Å². The molecule has 1 atom stereocenters. The molecule has 1 aliphatic rings. The largest absolute Gasteiger partial charge is 0.399 e. The van der Waals surface area contributed by atoms with Crippen molar-refractivity contribution in [2.24, 2.45) is 0 Å². The molecular weight excluding hydrogens is 393 g/mol. The second-order valence-electron chi connectivity index (χ2n) is 6.35. The van der Waals surface area contributed by atoms with Gasteiger partial charge in [0.2, 0.25) is 15.9 Å². The lowest BCUT2D eigenvalue weighted by molar-refractivity contribution is -0.114. The number of nitrogen functional groups attached to an aromatic ring is 1. The molecule has 6 nitrogen and oxygen atoms in total. The Labute approximate surface area is 163 Å². The van der Waals surface area contributed by atoms with E-state index < -0.39 is 21.7 Å². The lowest BCUT2D eigenvalue weighted by Crippen LogP contribution is -2.31. The number of benzene rings is 2. The third-order valence-corrected chi connectivity index (χ3v) is 5.81. The van der Waals surface area contributed by atoms with Gasteiger partial charge in [0.25, 0.3) is 0 Å². The van der Waals surface area contributed by atoms with Crippen LogP contribution in [0.1, 0.15) is 36.9 Å². The summed E-state index contributed by atoms with van der Waals surface area (Å²) in [5, 5.41) is 2.29. The van der Waals surface area contributed by atoms with E-state index in [1.54, 1.807) is 6.07 Å². The topological polar surface area (TPSA) is 101 Å². The number of amides is 1. The van der Waals surface area contributed by atoms with Gasteiger partial charge in [0.15, 0.2) is 0 Å². The number of anilines is 2. The van der Waals surface area contributed by atoms with E-state index >= 15 is 0 Å². The summed E-state index contributed by atoms with van der Waals surface area (Å²) in [6.07, 6.45) is 2.35. The molecule has 0 aromatic heterocycles. The summed E-state index contributed by atoms with van der Waals surface area (Å²) >= 11 is 0. The van der Waals surface area contributed by atoms with Gasteiger partial charge < -0.3 is 11.1 Å². The first-order chi connectivity index (χ1) is 12.3. The molecule has 0 bridgehead atoms. The first-order valence-electron chi connectivity index (χ1n) is 8.24. The van der Waals surface area contributed by atoms with Gasteiger partial charge in [0.1, 0.15) is 5.82 Å². The second-order valence-corrected chi connectivity index (χ2v) is 8.06. The smallest absolute Gasteiger partial charge is 0.241 e. The number of nitrogens with two attached hydrogens (primary N) is 1. The summed E-state index contributed by atoms with van der Waals surface area (Å²) in [6.45, 7) is 1.23. The number of carbonyl (C=O) groups excluding carboxylic acids is 1. The molecular formula is C18H21ClFN3O3S. The molecule has 0 heterocycles.